The Hall–Kier alpha value is -0.340. The molecule has 2 heteroatoms. The molecule has 0 aromatic rings. The molecule has 13 heavy (non-hydrogen) atoms. The van der Waals surface area contributed by atoms with Crippen LogP contribution < -0.4 is 0 Å². The van der Waals surface area contributed by atoms with Crippen LogP contribution in [0.2, 0.25) is 0 Å². The summed E-state index contributed by atoms with van der Waals surface area (Å²) in [6, 6.07) is 0.634. The highest BCUT2D eigenvalue weighted by molar-refractivity contribution is 9.07. The molecule has 0 fully saturated rings. The van der Waals surface area contributed by atoms with Crippen molar-refractivity contribution in [2.24, 2.45) is 0 Å². The summed E-state index contributed by atoms with van der Waals surface area (Å²) in [5, 5.41) is 0. The highest BCUT2D eigenvalue weighted by atomic mass is 79.9. The van der Waals surface area contributed by atoms with Crippen LogP contribution in [0.15, 0.2) is 36.5 Å². The zero-order valence-electron chi connectivity index (χ0n) is 8.04. The third-order valence-electron chi connectivity index (χ3n) is 2.33. The van der Waals surface area contributed by atoms with Gasteiger partial charge in [0.1, 0.15) is 0 Å². The smallest absolute Gasteiger partial charge is 0.0245 e. The molecule has 0 heterocycles. The van der Waals surface area contributed by atoms with Crippen LogP contribution in [0, 0.1) is 0 Å². The fourth-order valence-corrected chi connectivity index (χ4v) is 1.90. The summed E-state index contributed by atoms with van der Waals surface area (Å²) >= 11 is 3.49. The van der Waals surface area contributed by atoms with Crippen molar-refractivity contribution in [2.45, 2.75) is 25.3 Å². The van der Waals surface area contributed by atoms with Crippen molar-refractivity contribution in [3.05, 3.63) is 36.5 Å². The Morgan fingerprint density at radius 2 is 2.46 bits per heavy atom. The van der Waals surface area contributed by atoms with Crippen molar-refractivity contribution in [2.75, 3.05) is 7.05 Å². The summed E-state index contributed by atoms with van der Waals surface area (Å²) in [4.78, 5) is 0. The summed E-state index contributed by atoms with van der Waals surface area (Å²) in [6.07, 6.45) is 11.8. The van der Waals surface area contributed by atoms with E-state index in [0.29, 0.717) is 6.04 Å². The monoisotopic (exact) mass is 241 g/mol. The molecule has 72 valence electrons. The molecule has 1 atom stereocenters. The van der Waals surface area contributed by atoms with Crippen LogP contribution in [0.5, 0.6) is 0 Å². The summed E-state index contributed by atoms with van der Waals surface area (Å²) in [7, 11) is 2.07. The molecule has 0 N–H and O–H groups in total. The maximum absolute atomic E-state index is 3.67. The molecule has 0 aromatic heterocycles. The lowest BCUT2D eigenvalue weighted by Gasteiger charge is -2.25. The van der Waals surface area contributed by atoms with Gasteiger partial charge in [-0.05, 0) is 26.3 Å². The standard InChI is InChI=1S/C11H16BrN/c1-3-4-6-10-7-5-8-11(9-10)13(2)12/h3-4,6-7,11H,1,5,8-9H2,2H3/b6-4+. The maximum atomic E-state index is 3.67. The number of rotatable bonds is 3. The van der Waals surface area contributed by atoms with Crippen LogP contribution in [0.1, 0.15) is 19.3 Å². The Kier molecular flexibility index (Phi) is 4.46. The highest BCUT2D eigenvalue weighted by Gasteiger charge is 2.16. The Labute approximate surface area is 89.2 Å². The number of hydrogen-bond donors (Lipinski definition) is 0. The number of allylic oxidation sites excluding steroid dienone is 4. The fourth-order valence-electron chi connectivity index (χ4n) is 1.55. The van der Waals surface area contributed by atoms with E-state index < -0.39 is 0 Å². The normalized spacial score (nSPS) is 23.6. The summed E-state index contributed by atoms with van der Waals surface area (Å²) in [5.74, 6) is 0. The Balaban J connectivity index is 2.53. The highest BCUT2D eigenvalue weighted by Crippen LogP contribution is 2.24. The van der Waals surface area contributed by atoms with Gasteiger partial charge in [-0.3, -0.25) is 0 Å². The minimum Gasteiger partial charge on any atom is -0.242 e. The quantitative estimate of drug-likeness (QED) is 0.541. The molecule has 1 nitrogen and oxygen atoms in total. The van der Waals surface area contributed by atoms with Gasteiger partial charge < -0.3 is 0 Å². The molecular weight excluding hydrogens is 226 g/mol. The van der Waals surface area contributed by atoms with E-state index in [1.54, 1.807) is 0 Å². The van der Waals surface area contributed by atoms with Gasteiger partial charge in [0, 0.05) is 22.2 Å². The van der Waals surface area contributed by atoms with Gasteiger partial charge >= 0.3 is 0 Å². The Morgan fingerprint density at radius 1 is 1.69 bits per heavy atom. The molecule has 0 aromatic carbocycles. The van der Waals surface area contributed by atoms with Gasteiger partial charge in [0.05, 0.1) is 0 Å². The van der Waals surface area contributed by atoms with E-state index in [1.165, 1.54) is 18.4 Å². The molecule has 0 bridgehead atoms. The van der Waals surface area contributed by atoms with Crippen LogP contribution in [-0.2, 0) is 0 Å². The lowest BCUT2D eigenvalue weighted by atomic mass is 9.94. The van der Waals surface area contributed by atoms with Gasteiger partial charge in [-0.15, -0.1) is 0 Å². The predicted molar refractivity (Wildman–Crippen MR) is 61.7 cm³/mol. The molecule has 1 aliphatic rings. The third-order valence-corrected chi connectivity index (χ3v) is 2.91. The zero-order valence-corrected chi connectivity index (χ0v) is 9.63. The van der Waals surface area contributed by atoms with Gasteiger partial charge in [0.25, 0.3) is 0 Å². The van der Waals surface area contributed by atoms with Crippen molar-refractivity contribution in [3.8, 4) is 0 Å². The molecule has 0 saturated carbocycles. The molecule has 0 saturated heterocycles. The largest absolute Gasteiger partial charge is 0.242 e. The van der Waals surface area contributed by atoms with Crippen molar-refractivity contribution in [1.82, 2.24) is 3.93 Å². The van der Waals surface area contributed by atoms with E-state index in [4.69, 9.17) is 0 Å². The number of halogens is 1. The van der Waals surface area contributed by atoms with Crippen LogP contribution in [-0.4, -0.2) is 17.0 Å². The number of nitrogens with zero attached hydrogens (tertiary/aromatic N) is 1. The lowest BCUT2D eigenvalue weighted by Crippen LogP contribution is -2.25. The van der Waals surface area contributed by atoms with E-state index in [9.17, 15) is 0 Å². The van der Waals surface area contributed by atoms with Gasteiger partial charge in [0.15, 0.2) is 0 Å². The van der Waals surface area contributed by atoms with Gasteiger partial charge in [-0.25, -0.2) is 3.93 Å². The average Bonchev–Trinajstić information content (AvgIpc) is 2.15. The zero-order chi connectivity index (χ0) is 9.68. The minimum atomic E-state index is 0.634. The first-order valence-electron chi connectivity index (χ1n) is 4.61. The van der Waals surface area contributed by atoms with E-state index in [2.05, 4.69) is 45.9 Å². The molecule has 1 aliphatic carbocycles. The summed E-state index contributed by atoms with van der Waals surface area (Å²) < 4.78 is 2.13. The maximum Gasteiger partial charge on any atom is 0.0245 e. The van der Waals surface area contributed by atoms with Gasteiger partial charge in [0.2, 0.25) is 0 Å². The van der Waals surface area contributed by atoms with Crippen LogP contribution in [0.3, 0.4) is 0 Å². The van der Waals surface area contributed by atoms with Crippen molar-refractivity contribution in [3.63, 3.8) is 0 Å². The van der Waals surface area contributed by atoms with Crippen LogP contribution in [0.25, 0.3) is 0 Å². The molecule has 1 rings (SSSR count). The first-order chi connectivity index (χ1) is 6.24. The Morgan fingerprint density at radius 3 is 3.08 bits per heavy atom. The van der Waals surface area contributed by atoms with Crippen molar-refractivity contribution >= 4 is 16.1 Å². The predicted octanol–water partition coefficient (Wildman–Crippen LogP) is 3.45. The van der Waals surface area contributed by atoms with Crippen LogP contribution >= 0.6 is 16.1 Å². The lowest BCUT2D eigenvalue weighted by molar-refractivity contribution is 0.385. The van der Waals surface area contributed by atoms with Crippen molar-refractivity contribution < 1.29 is 0 Å². The summed E-state index contributed by atoms with van der Waals surface area (Å²) in [5.41, 5.74) is 1.42. The van der Waals surface area contributed by atoms with E-state index in [0.717, 1.165) is 6.42 Å². The minimum absolute atomic E-state index is 0.634. The van der Waals surface area contributed by atoms with Crippen molar-refractivity contribution in [1.29, 1.82) is 0 Å². The number of hydrogen-bond acceptors (Lipinski definition) is 1. The second-order valence-electron chi connectivity index (χ2n) is 3.33. The summed E-state index contributed by atoms with van der Waals surface area (Å²) in [6.45, 7) is 3.67. The van der Waals surface area contributed by atoms with Crippen LogP contribution in [0.4, 0.5) is 0 Å². The molecule has 0 spiro atoms. The first kappa shape index (κ1) is 10.7. The third kappa shape index (κ3) is 3.49. The van der Waals surface area contributed by atoms with Gasteiger partial charge in [-0.1, -0.05) is 36.5 Å². The van der Waals surface area contributed by atoms with E-state index in [-0.39, 0.29) is 0 Å². The molecular formula is C11H16BrN. The molecule has 1 unspecified atom stereocenters. The topological polar surface area (TPSA) is 3.24 Å². The average molecular weight is 242 g/mol. The Bertz CT molecular complexity index is 228. The van der Waals surface area contributed by atoms with Gasteiger partial charge in [-0.2, -0.15) is 0 Å². The fraction of sp³-hybridized carbons (Fsp3) is 0.455. The first-order valence-corrected chi connectivity index (χ1v) is 5.31. The molecule has 0 aliphatic heterocycles. The van der Waals surface area contributed by atoms with E-state index >= 15 is 0 Å². The SMILES string of the molecule is C=C/C=C/C1=CCCC(N(C)Br)C1. The van der Waals surface area contributed by atoms with E-state index in [1.807, 2.05) is 12.2 Å². The molecule has 0 radical (unpaired) electrons. The molecule has 0 amide bonds. The second kappa shape index (κ2) is 5.40. The second-order valence-corrected chi connectivity index (χ2v) is 4.45.